The van der Waals surface area contributed by atoms with E-state index in [-0.39, 0.29) is 23.8 Å². The lowest BCUT2D eigenvalue weighted by atomic mass is 9.90. The number of hydrogen-bond donors (Lipinski definition) is 3. The molecule has 0 saturated heterocycles. The van der Waals surface area contributed by atoms with E-state index in [2.05, 4.69) is 15.9 Å². The van der Waals surface area contributed by atoms with Gasteiger partial charge in [-0.3, -0.25) is 4.79 Å². The summed E-state index contributed by atoms with van der Waals surface area (Å²) in [7, 11) is 0. The molecule has 1 unspecified atom stereocenters. The lowest BCUT2D eigenvalue weighted by Crippen LogP contribution is -2.08. The summed E-state index contributed by atoms with van der Waals surface area (Å²) in [5.74, 6) is -1.24. The summed E-state index contributed by atoms with van der Waals surface area (Å²) in [6.45, 7) is 0. The van der Waals surface area contributed by atoms with Crippen molar-refractivity contribution in [1.29, 1.82) is 0 Å². The van der Waals surface area contributed by atoms with Gasteiger partial charge in [0.2, 0.25) is 0 Å². The molecule has 3 N–H and O–H groups in total. The van der Waals surface area contributed by atoms with Crippen molar-refractivity contribution in [3.8, 4) is 11.5 Å². The smallest absolute Gasteiger partial charge is 0.303 e. The van der Waals surface area contributed by atoms with Crippen LogP contribution in [0.15, 0.2) is 16.6 Å². The van der Waals surface area contributed by atoms with E-state index in [1.54, 1.807) is 6.07 Å². The van der Waals surface area contributed by atoms with Crippen LogP contribution in [0.3, 0.4) is 0 Å². The fourth-order valence-electron chi connectivity index (χ4n) is 2.11. The van der Waals surface area contributed by atoms with Crippen LogP contribution in [0.2, 0.25) is 0 Å². The van der Waals surface area contributed by atoms with Crippen molar-refractivity contribution in [3.63, 3.8) is 0 Å². The molecule has 1 aromatic rings. The van der Waals surface area contributed by atoms with Crippen molar-refractivity contribution in [3.05, 3.63) is 22.2 Å². The number of carboxylic acids is 1. The molecule has 1 atom stereocenters. The van der Waals surface area contributed by atoms with Gasteiger partial charge in [0.15, 0.2) is 11.5 Å². The molecule has 1 aliphatic carbocycles. The maximum Gasteiger partial charge on any atom is 0.303 e. The zero-order valence-electron chi connectivity index (χ0n) is 9.06. The number of aliphatic carboxylic acids is 1. The molecule has 92 valence electrons. The van der Waals surface area contributed by atoms with E-state index < -0.39 is 5.97 Å². The molecule has 1 saturated carbocycles. The summed E-state index contributed by atoms with van der Waals surface area (Å²) in [6.07, 6.45) is 1.93. The van der Waals surface area contributed by atoms with E-state index in [9.17, 15) is 15.0 Å². The Balaban J connectivity index is 2.38. The number of carboxylic acid groups (broad SMARTS) is 1. The topological polar surface area (TPSA) is 77.8 Å². The van der Waals surface area contributed by atoms with Crippen molar-refractivity contribution < 1.29 is 20.1 Å². The third-order valence-corrected chi connectivity index (χ3v) is 3.53. The number of phenols is 2. The average molecular weight is 301 g/mol. The van der Waals surface area contributed by atoms with Crippen LogP contribution in [-0.2, 0) is 4.79 Å². The molecular formula is C12H13BrO4. The first-order chi connectivity index (χ1) is 7.99. The van der Waals surface area contributed by atoms with Gasteiger partial charge in [0.25, 0.3) is 0 Å². The molecule has 0 heterocycles. The fourth-order valence-corrected chi connectivity index (χ4v) is 2.57. The molecule has 1 fully saturated rings. The van der Waals surface area contributed by atoms with Crippen LogP contribution in [0, 0.1) is 5.92 Å². The molecule has 0 bridgehead atoms. The number of carbonyl (C=O) groups is 1. The van der Waals surface area contributed by atoms with Crippen molar-refractivity contribution >= 4 is 21.9 Å². The molecule has 1 aromatic carbocycles. The van der Waals surface area contributed by atoms with E-state index in [0.29, 0.717) is 16.0 Å². The van der Waals surface area contributed by atoms with Gasteiger partial charge in [-0.05, 0) is 30.9 Å². The zero-order chi connectivity index (χ0) is 12.6. The second-order valence-corrected chi connectivity index (χ2v) is 5.32. The summed E-state index contributed by atoms with van der Waals surface area (Å²) in [6, 6.07) is 3.07. The minimum Gasteiger partial charge on any atom is -0.504 e. The highest BCUT2D eigenvalue weighted by Gasteiger charge is 2.35. The molecule has 0 amide bonds. The predicted molar refractivity (Wildman–Crippen MR) is 65.2 cm³/mol. The summed E-state index contributed by atoms with van der Waals surface area (Å²) >= 11 is 3.23. The van der Waals surface area contributed by atoms with Crippen LogP contribution in [0.25, 0.3) is 0 Å². The van der Waals surface area contributed by atoms with E-state index >= 15 is 0 Å². The Hall–Kier alpha value is -1.23. The number of rotatable bonds is 4. The van der Waals surface area contributed by atoms with Crippen molar-refractivity contribution in [2.75, 3.05) is 0 Å². The molecule has 17 heavy (non-hydrogen) atoms. The number of aromatic hydroxyl groups is 2. The van der Waals surface area contributed by atoms with Gasteiger partial charge >= 0.3 is 5.97 Å². The Morgan fingerprint density at radius 3 is 2.59 bits per heavy atom. The fraction of sp³-hybridized carbons (Fsp3) is 0.417. The minimum atomic E-state index is -0.888. The standard InChI is InChI=1S/C12H13BrO4/c13-7-3-9(12(17)10(14)4-7)8(5-11(15)16)6-1-2-6/h3-4,6,8,14,17H,1-2,5H2,(H,15,16). The molecule has 0 aliphatic heterocycles. The maximum atomic E-state index is 10.8. The lowest BCUT2D eigenvalue weighted by Gasteiger charge is -2.17. The van der Waals surface area contributed by atoms with Gasteiger partial charge in [-0.25, -0.2) is 0 Å². The lowest BCUT2D eigenvalue weighted by molar-refractivity contribution is -0.137. The average Bonchev–Trinajstić information content (AvgIpc) is 3.03. The highest BCUT2D eigenvalue weighted by molar-refractivity contribution is 9.10. The monoisotopic (exact) mass is 300 g/mol. The van der Waals surface area contributed by atoms with Crippen LogP contribution >= 0.6 is 15.9 Å². The van der Waals surface area contributed by atoms with Crippen LogP contribution in [0.5, 0.6) is 11.5 Å². The predicted octanol–water partition coefficient (Wildman–Crippen LogP) is 2.83. The molecule has 0 spiro atoms. The first-order valence-electron chi connectivity index (χ1n) is 5.42. The third-order valence-electron chi connectivity index (χ3n) is 3.07. The second kappa shape index (κ2) is 4.56. The largest absolute Gasteiger partial charge is 0.504 e. The van der Waals surface area contributed by atoms with E-state index in [1.807, 2.05) is 0 Å². The van der Waals surface area contributed by atoms with Crippen molar-refractivity contribution in [1.82, 2.24) is 0 Å². The number of phenolic OH excluding ortho intramolecular Hbond substituents is 2. The van der Waals surface area contributed by atoms with Crippen molar-refractivity contribution in [2.45, 2.75) is 25.2 Å². The molecule has 0 aromatic heterocycles. The van der Waals surface area contributed by atoms with Gasteiger partial charge in [-0.15, -0.1) is 0 Å². The first-order valence-corrected chi connectivity index (χ1v) is 6.21. The minimum absolute atomic E-state index is 0.0197. The van der Waals surface area contributed by atoms with Crippen LogP contribution in [-0.4, -0.2) is 21.3 Å². The summed E-state index contributed by atoms with van der Waals surface area (Å²) in [4.78, 5) is 10.8. The Morgan fingerprint density at radius 1 is 1.41 bits per heavy atom. The van der Waals surface area contributed by atoms with Crippen molar-refractivity contribution in [2.24, 2.45) is 5.92 Å². The highest BCUT2D eigenvalue weighted by atomic mass is 79.9. The van der Waals surface area contributed by atoms with Gasteiger partial charge in [0.1, 0.15) is 0 Å². The number of halogens is 1. The Bertz CT molecular complexity index is 454. The molecule has 0 radical (unpaired) electrons. The van der Waals surface area contributed by atoms with E-state index in [1.165, 1.54) is 6.07 Å². The van der Waals surface area contributed by atoms with E-state index in [4.69, 9.17) is 5.11 Å². The number of benzene rings is 1. The molecule has 1 aliphatic rings. The van der Waals surface area contributed by atoms with Crippen LogP contribution in [0.1, 0.15) is 30.7 Å². The molecule has 5 heteroatoms. The summed E-state index contributed by atoms with van der Waals surface area (Å²) in [5, 5.41) is 28.3. The maximum absolute atomic E-state index is 10.8. The summed E-state index contributed by atoms with van der Waals surface area (Å²) < 4.78 is 0.638. The molecule has 4 nitrogen and oxygen atoms in total. The normalized spacial score (nSPS) is 16.8. The quantitative estimate of drug-likeness (QED) is 0.747. The van der Waals surface area contributed by atoms with Crippen LogP contribution in [0.4, 0.5) is 0 Å². The second-order valence-electron chi connectivity index (χ2n) is 4.40. The highest BCUT2D eigenvalue weighted by Crippen LogP contribution is 2.49. The van der Waals surface area contributed by atoms with Gasteiger partial charge in [0, 0.05) is 16.0 Å². The third kappa shape index (κ3) is 2.72. The Kier molecular flexibility index (Phi) is 3.28. The van der Waals surface area contributed by atoms with Gasteiger partial charge < -0.3 is 15.3 Å². The van der Waals surface area contributed by atoms with Gasteiger partial charge in [-0.1, -0.05) is 15.9 Å². The van der Waals surface area contributed by atoms with E-state index in [0.717, 1.165) is 12.8 Å². The van der Waals surface area contributed by atoms with Gasteiger partial charge in [0.05, 0.1) is 6.42 Å². The Morgan fingerprint density at radius 2 is 2.06 bits per heavy atom. The summed E-state index contributed by atoms with van der Waals surface area (Å²) in [5.41, 5.74) is 0.516. The first kappa shape index (κ1) is 12.2. The molecule has 2 rings (SSSR count). The molecular weight excluding hydrogens is 288 g/mol. The Labute approximate surface area is 107 Å². The zero-order valence-corrected chi connectivity index (χ0v) is 10.6. The number of hydrogen-bond acceptors (Lipinski definition) is 3. The SMILES string of the molecule is O=C(O)CC(c1cc(Br)cc(O)c1O)C1CC1. The van der Waals surface area contributed by atoms with Crippen LogP contribution < -0.4 is 0 Å². The van der Waals surface area contributed by atoms with Gasteiger partial charge in [-0.2, -0.15) is 0 Å².